The van der Waals surface area contributed by atoms with Gasteiger partial charge >= 0.3 is 0 Å². The van der Waals surface area contributed by atoms with Gasteiger partial charge in [-0.15, -0.1) is 0 Å². The zero-order chi connectivity index (χ0) is 14.0. The number of H-pyrrole nitrogens is 1. The Kier molecular flexibility index (Phi) is 3.87. The highest BCUT2D eigenvalue weighted by Gasteiger charge is 2.38. The highest BCUT2D eigenvalue weighted by Crippen LogP contribution is 2.17. The number of hydrogen-bond donors (Lipinski definition) is 2. The van der Waals surface area contributed by atoms with Gasteiger partial charge in [0.05, 0.1) is 6.33 Å². The quantitative estimate of drug-likeness (QED) is 0.822. The number of imidazole rings is 1. The lowest BCUT2D eigenvalue weighted by molar-refractivity contribution is -0.148. The summed E-state index contributed by atoms with van der Waals surface area (Å²) in [6.45, 7) is 4.09. The minimum Gasteiger partial charge on any atom is -0.348 e. The SMILES string of the molecule is CC(C)C[C@H]1C(=O)N[C@@H](Cc2cnc[nH]2)C(=O)N1C. The lowest BCUT2D eigenvalue weighted by Crippen LogP contribution is -2.62. The topological polar surface area (TPSA) is 78.1 Å². The van der Waals surface area contributed by atoms with Gasteiger partial charge in [0.2, 0.25) is 11.8 Å². The number of likely N-dealkylation sites (N-methyl/N-ethyl adjacent to an activating group) is 1. The predicted octanol–water partition coefficient (Wildman–Crippen LogP) is 0.324. The van der Waals surface area contributed by atoms with E-state index in [1.807, 2.05) is 13.8 Å². The molecule has 0 aliphatic carbocycles. The third kappa shape index (κ3) is 2.94. The maximum Gasteiger partial charge on any atom is 0.245 e. The van der Waals surface area contributed by atoms with Gasteiger partial charge in [-0.3, -0.25) is 9.59 Å². The summed E-state index contributed by atoms with van der Waals surface area (Å²) in [5.41, 5.74) is 0.842. The van der Waals surface area contributed by atoms with Gasteiger partial charge in [0, 0.05) is 25.4 Å². The molecule has 6 nitrogen and oxygen atoms in total. The van der Waals surface area contributed by atoms with Crippen molar-refractivity contribution >= 4 is 11.8 Å². The van der Waals surface area contributed by atoms with E-state index in [9.17, 15) is 9.59 Å². The van der Waals surface area contributed by atoms with Crippen molar-refractivity contribution in [2.75, 3.05) is 7.05 Å². The number of hydrogen-bond acceptors (Lipinski definition) is 3. The fourth-order valence-electron chi connectivity index (χ4n) is 2.37. The highest BCUT2D eigenvalue weighted by molar-refractivity contribution is 5.96. The van der Waals surface area contributed by atoms with E-state index in [0.29, 0.717) is 18.8 Å². The van der Waals surface area contributed by atoms with Crippen LogP contribution in [-0.4, -0.2) is 45.8 Å². The number of nitrogens with one attached hydrogen (secondary N) is 2. The predicted molar refractivity (Wildman–Crippen MR) is 70.2 cm³/mol. The Labute approximate surface area is 112 Å². The molecular weight excluding hydrogens is 244 g/mol. The van der Waals surface area contributed by atoms with Crippen LogP contribution in [0.3, 0.4) is 0 Å². The second kappa shape index (κ2) is 5.42. The van der Waals surface area contributed by atoms with Crippen LogP contribution in [0, 0.1) is 5.92 Å². The first-order valence-electron chi connectivity index (χ1n) is 6.53. The molecule has 0 radical (unpaired) electrons. The van der Waals surface area contributed by atoms with Crippen molar-refractivity contribution in [2.45, 2.75) is 38.8 Å². The molecule has 19 heavy (non-hydrogen) atoms. The summed E-state index contributed by atoms with van der Waals surface area (Å²) in [6.07, 6.45) is 4.36. The first-order chi connectivity index (χ1) is 8.99. The number of amides is 2. The summed E-state index contributed by atoms with van der Waals surface area (Å²) in [5.74, 6) is 0.260. The third-order valence-electron chi connectivity index (χ3n) is 3.41. The number of carbonyl (C=O) groups excluding carboxylic acids is 2. The summed E-state index contributed by atoms with van der Waals surface area (Å²) in [4.78, 5) is 32.8. The summed E-state index contributed by atoms with van der Waals surface area (Å²) in [6, 6.07) is -0.855. The third-order valence-corrected chi connectivity index (χ3v) is 3.41. The van der Waals surface area contributed by atoms with Crippen LogP contribution in [0.4, 0.5) is 0 Å². The average molecular weight is 264 g/mol. The zero-order valence-electron chi connectivity index (χ0n) is 11.5. The molecule has 2 amide bonds. The summed E-state index contributed by atoms with van der Waals surface area (Å²) >= 11 is 0. The molecule has 1 aromatic heterocycles. The van der Waals surface area contributed by atoms with Gasteiger partial charge in [-0.25, -0.2) is 4.98 Å². The van der Waals surface area contributed by atoms with Crippen molar-refractivity contribution in [1.82, 2.24) is 20.2 Å². The smallest absolute Gasteiger partial charge is 0.245 e. The van der Waals surface area contributed by atoms with E-state index in [1.165, 1.54) is 0 Å². The summed E-state index contributed by atoms with van der Waals surface area (Å²) in [7, 11) is 1.70. The Morgan fingerprint density at radius 1 is 1.42 bits per heavy atom. The average Bonchev–Trinajstić information content (AvgIpc) is 2.84. The van der Waals surface area contributed by atoms with E-state index < -0.39 is 6.04 Å². The highest BCUT2D eigenvalue weighted by atomic mass is 16.2. The molecule has 1 aromatic rings. The van der Waals surface area contributed by atoms with Crippen LogP contribution in [0.1, 0.15) is 26.0 Å². The van der Waals surface area contributed by atoms with Gasteiger partial charge in [-0.05, 0) is 12.3 Å². The number of aromatic nitrogens is 2. The van der Waals surface area contributed by atoms with Crippen LogP contribution in [0.15, 0.2) is 12.5 Å². The maximum absolute atomic E-state index is 12.3. The largest absolute Gasteiger partial charge is 0.348 e. The van der Waals surface area contributed by atoms with E-state index in [4.69, 9.17) is 0 Å². The molecule has 2 atom stereocenters. The maximum atomic E-state index is 12.3. The molecule has 2 N–H and O–H groups in total. The molecule has 6 heteroatoms. The Hall–Kier alpha value is -1.85. The molecule has 1 aliphatic rings. The number of nitrogens with zero attached hydrogens (tertiary/aromatic N) is 2. The van der Waals surface area contributed by atoms with Crippen molar-refractivity contribution < 1.29 is 9.59 Å². The molecule has 0 aromatic carbocycles. The second-order valence-electron chi connectivity index (χ2n) is 5.44. The van der Waals surface area contributed by atoms with E-state index in [2.05, 4.69) is 15.3 Å². The van der Waals surface area contributed by atoms with E-state index in [0.717, 1.165) is 5.69 Å². The Bertz CT molecular complexity index is 455. The van der Waals surface area contributed by atoms with Gasteiger partial charge in [0.1, 0.15) is 12.1 Å². The van der Waals surface area contributed by atoms with Gasteiger partial charge in [0.25, 0.3) is 0 Å². The van der Waals surface area contributed by atoms with Crippen molar-refractivity contribution in [1.29, 1.82) is 0 Å². The van der Waals surface area contributed by atoms with Gasteiger partial charge in [-0.2, -0.15) is 0 Å². The van der Waals surface area contributed by atoms with Gasteiger partial charge < -0.3 is 15.2 Å². The molecule has 0 saturated carbocycles. The molecule has 104 valence electrons. The monoisotopic (exact) mass is 264 g/mol. The van der Waals surface area contributed by atoms with Crippen LogP contribution in [0.2, 0.25) is 0 Å². The minimum atomic E-state index is -0.499. The number of carbonyl (C=O) groups is 2. The fraction of sp³-hybridized carbons (Fsp3) is 0.615. The lowest BCUT2D eigenvalue weighted by Gasteiger charge is -2.37. The molecule has 2 rings (SSSR count). The standard InChI is InChI=1S/C13H20N4O2/c1-8(2)4-11-12(18)16-10(13(19)17(11)3)5-9-6-14-7-15-9/h6-8,10-11H,4-5H2,1-3H3,(H,14,15)(H,16,18)/t10-,11-/m0/s1. The first kappa shape index (κ1) is 13.6. The Balaban J connectivity index is 2.07. The second-order valence-corrected chi connectivity index (χ2v) is 5.44. The molecule has 0 spiro atoms. The Morgan fingerprint density at radius 2 is 2.16 bits per heavy atom. The number of piperazine rings is 1. The summed E-state index contributed by atoms with van der Waals surface area (Å²) in [5, 5.41) is 2.81. The van der Waals surface area contributed by atoms with Gasteiger partial charge in [0.15, 0.2) is 0 Å². The van der Waals surface area contributed by atoms with E-state index in [1.54, 1.807) is 24.5 Å². The van der Waals surface area contributed by atoms with Crippen LogP contribution >= 0.6 is 0 Å². The van der Waals surface area contributed by atoms with E-state index >= 15 is 0 Å². The molecule has 1 fully saturated rings. The normalized spacial score (nSPS) is 23.9. The van der Waals surface area contributed by atoms with Crippen LogP contribution in [0.5, 0.6) is 0 Å². The molecule has 0 unspecified atom stereocenters. The number of rotatable bonds is 4. The Morgan fingerprint density at radius 3 is 2.74 bits per heavy atom. The van der Waals surface area contributed by atoms with E-state index in [-0.39, 0.29) is 17.9 Å². The molecule has 1 saturated heterocycles. The van der Waals surface area contributed by atoms with Crippen molar-refractivity contribution in [3.05, 3.63) is 18.2 Å². The van der Waals surface area contributed by atoms with Crippen LogP contribution < -0.4 is 5.32 Å². The van der Waals surface area contributed by atoms with Crippen molar-refractivity contribution in [3.63, 3.8) is 0 Å². The van der Waals surface area contributed by atoms with Crippen LogP contribution in [-0.2, 0) is 16.0 Å². The van der Waals surface area contributed by atoms with Crippen LogP contribution in [0.25, 0.3) is 0 Å². The molecule has 0 bridgehead atoms. The molecule has 2 heterocycles. The zero-order valence-corrected chi connectivity index (χ0v) is 11.5. The van der Waals surface area contributed by atoms with Crippen molar-refractivity contribution in [3.8, 4) is 0 Å². The fourth-order valence-corrected chi connectivity index (χ4v) is 2.37. The van der Waals surface area contributed by atoms with Gasteiger partial charge in [-0.1, -0.05) is 13.8 Å². The minimum absolute atomic E-state index is 0.0418. The molecular formula is C13H20N4O2. The number of aromatic amines is 1. The lowest BCUT2D eigenvalue weighted by atomic mass is 9.97. The summed E-state index contributed by atoms with van der Waals surface area (Å²) < 4.78 is 0. The molecule has 1 aliphatic heterocycles. The first-order valence-corrected chi connectivity index (χ1v) is 6.53. The van der Waals surface area contributed by atoms with Crippen molar-refractivity contribution in [2.24, 2.45) is 5.92 Å².